The second-order valence-corrected chi connectivity index (χ2v) is 7.51. The van der Waals surface area contributed by atoms with Crippen LogP contribution >= 0.6 is 11.3 Å². The molecule has 1 amide bonds. The summed E-state index contributed by atoms with van der Waals surface area (Å²) >= 11 is 1.71. The second kappa shape index (κ2) is 5.49. The number of nitrogens with zero attached hydrogens (tertiary/aromatic N) is 1. The normalized spacial score (nSPS) is 30.1. The summed E-state index contributed by atoms with van der Waals surface area (Å²) < 4.78 is 5.71. The Hall–Kier alpha value is -0.870. The summed E-state index contributed by atoms with van der Waals surface area (Å²) in [4.78, 5) is 17.0. The Bertz CT molecular complexity index is 501. The number of aryl methyl sites for hydroxylation is 1. The maximum Gasteiger partial charge on any atom is 0.264 e. The van der Waals surface area contributed by atoms with E-state index < -0.39 is 0 Å². The molecule has 0 saturated carbocycles. The highest BCUT2D eigenvalue weighted by Crippen LogP contribution is 2.33. The highest BCUT2D eigenvalue weighted by Gasteiger charge is 2.28. The molecule has 0 spiro atoms. The van der Waals surface area contributed by atoms with Gasteiger partial charge in [-0.2, -0.15) is 0 Å². The van der Waals surface area contributed by atoms with E-state index in [0.29, 0.717) is 13.1 Å². The molecule has 1 aliphatic carbocycles. The molecular weight excluding hydrogens is 270 g/mol. The van der Waals surface area contributed by atoms with Crippen LogP contribution in [0.1, 0.15) is 47.3 Å². The first-order valence-corrected chi connectivity index (χ1v) is 8.41. The predicted octanol–water partition coefficient (Wildman–Crippen LogP) is 3.12. The van der Waals surface area contributed by atoms with Gasteiger partial charge in [0.2, 0.25) is 0 Å². The molecule has 1 saturated heterocycles. The van der Waals surface area contributed by atoms with Crippen molar-refractivity contribution in [2.24, 2.45) is 5.92 Å². The van der Waals surface area contributed by atoms with Crippen molar-refractivity contribution in [3.8, 4) is 0 Å². The second-order valence-electron chi connectivity index (χ2n) is 6.37. The van der Waals surface area contributed by atoms with Gasteiger partial charge in [-0.25, -0.2) is 0 Å². The lowest BCUT2D eigenvalue weighted by atomic mass is 9.90. The van der Waals surface area contributed by atoms with Gasteiger partial charge in [0.05, 0.1) is 17.1 Å². The Labute approximate surface area is 124 Å². The molecule has 2 aliphatic rings. The van der Waals surface area contributed by atoms with Crippen LogP contribution in [-0.4, -0.2) is 36.1 Å². The minimum Gasteiger partial charge on any atom is -0.372 e. The minimum absolute atomic E-state index is 0.136. The maximum absolute atomic E-state index is 12.7. The van der Waals surface area contributed by atoms with Gasteiger partial charge in [-0.15, -0.1) is 11.3 Å². The fourth-order valence-corrected chi connectivity index (χ4v) is 4.49. The molecule has 0 N–H and O–H groups in total. The smallest absolute Gasteiger partial charge is 0.264 e. The molecule has 0 bridgehead atoms. The molecule has 1 fully saturated rings. The van der Waals surface area contributed by atoms with E-state index in [4.69, 9.17) is 4.74 Å². The summed E-state index contributed by atoms with van der Waals surface area (Å²) in [6.07, 6.45) is 3.81. The Balaban J connectivity index is 1.77. The molecule has 20 heavy (non-hydrogen) atoms. The summed E-state index contributed by atoms with van der Waals surface area (Å²) in [5.74, 6) is 0.947. The van der Waals surface area contributed by atoms with E-state index in [-0.39, 0.29) is 18.1 Å². The van der Waals surface area contributed by atoms with Gasteiger partial charge in [-0.3, -0.25) is 4.79 Å². The van der Waals surface area contributed by atoms with Crippen LogP contribution in [0, 0.1) is 5.92 Å². The third-order valence-corrected chi connectivity index (χ3v) is 5.47. The maximum atomic E-state index is 12.7. The van der Waals surface area contributed by atoms with Crippen molar-refractivity contribution in [1.82, 2.24) is 4.90 Å². The van der Waals surface area contributed by atoms with Crippen molar-refractivity contribution < 1.29 is 9.53 Å². The Kier molecular flexibility index (Phi) is 3.87. The zero-order valence-electron chi connectivity index (χ0n) is 12.5. The van der Waals surface area contributed by atoms with Gasteiger partial charge in [-0.1, -0.05) is 6.92 Å². The van der Waals surface area contributed by atoms with Crippen LogP contribution in [0.25, 0.3) is 0 Å². The van der Waals surface area contributed by atoms with Gasteiger partial charge >= 0.3 is 0 Å². The largest absolute Gasteiger partial charge is 0.372 e. The topological polar surface area (TPSA) is 29.5 Å². The number of ether oxygens (including phenoxy) is 1. The molecule has 3 atom stereocenters. The van der Waals surface area contributed by atoms with Crippen molar-refractivity contribution in [3.63, 3.8) is 0 Å². The molecule has 0 unspecified atom stereocenters. The van der Waals surface area contributed by atoms with Crippen LogP contribution < -0.4 is 0 Å². The number of hydrogen-bond acceptors (Lipinski definition) is 3. The minimum atomic E-state index is 0.136. The van der Waals surface area contributed by atoms with E-state index in [1.807, 2.05) is 18.7 Å². The Morgan fingerprint density at radius 3 is 2.70 bits per heavy atom. The highest BCUT2D eigenvalue weighted by atomic mass is 32.1. The zero-order chi connectivity index (χ0) is 14.3. The summed E-state index contributed by atoms with van der Waals surface area (Å²) in [6.45, 7) is 7.80. The van der Waals surface area contributed by atoms with E-state index in [0.717, 1.165) is 23.6 Å². The van der Waals surface area contributed by atoms with Crippen LogP contribution in [0.15, 0.2) is 6.07 Å². The van der Waals surface area contributed by atoms with E-state index >= 15 is 0 Å². The van der Waals surface area contributed by atoms with E-state index in [9.17, 15) is 4.79 Å². The van der Waals surface area contributed by atoms with Gasteiger partial charge in [0.25, 0.3) is 5.91 Å². The number of morpholine rings is 1. The number of amides is 1. The quantitative estimate of drug-likeness (QED) is 0.796. The van der Waals surface area contributed by atoms with Crippen LogP contribution in [0.4, 0.5) is 0 Å². The standard InChI is InChI=1S/C16H23NO2S/c1-10-4-5-14-13(6-10)7-15(20-14)16(18)17-8-11(2)19-12(3)9-17/h7,10-12H,4-6,8-9H2,1-3H3/t10-,11-,12+/m1/s1. The third-order valence-electron chi connectivity index (χ3n) is 4.25. The molecule has 4 heteroatoms. The average molecular weight is 293 g/mol. The van der Waals surface area contributed by atoms with E-state index in [1.165, 1.54) is 16.9 Å². The lowest BCUT2D eigenvalue weighted by Crippen LogP contribution is -2.48. The monoisotopic (exact) mass is 293 g/mol. The molecule has 1 aromatic heterocycles. The van der Waals surface area contributed by atoms with Crippen molar-refractivity contribution in [1.29, 1.82) is 0 Å². The van der Waals surface area contributed by atoms with Crippen molar-refractivity contribution in [2.75, 3.05) is 13.1 Å². The van der Waals surface area contributed by atoms with Crippen LogP contribution in [0.2, 0.25) is 0 Å². The van der Waals surface area contributed by atoms with Crippen molar-refractivity contribution in [3.05, 3.63) is 21.4 Å². The molecule has 0 radical (unpaired) electrons. The zero-order valence-corrected chi connectivity index (χ0v) is 13.3. The summed E-state index contributed by atoms with van der Waals surface area (Å²) in [7, 11) is 0. The number of thiophene rings is 1. The third kappa shape index (κ3) is 2.77. The van der Waals surface area contributed by atoms with Crippen molar-refractivity contribution in [2.45, 2.75) is 52.2 Å². The molecule has 1 aromatic rings. The first-order valence-electron chi connectivity index (χ1n) is 7.59. The van der Waals surface area contributed by atoms with E-state index in [1.54, 1.807) is 11.3 Å². The molecule has 3 nitrogen and oxygen atoms in total. The van der Waals surface area contributed by atoms with Gasteiger partial charge < -0.3 is 9.64 Å². The highest BCUT2D eigenvalue weighted by molar-refractivity contribution is 7.14. The Morgan fingerprint density at radius 1 is 1.30 bits per heavy atom. The molecule has 2 heterocycles. The van der Waals surface area contributed by atoms with Gasteiger partial charge in [0, 0.05) is 18.0 Å². The summed E-state index contributed by atoms with van der Waals surface area (Å²) in [6, 6.07) is 2.14. The number of carbonyl (C=O) groups excluding carboxylic acids is 1. The first kappa shape index (κ1) is 14.1. The number of fused-ring (bicyclic) bond motifs is 1. The predicted molar refractivity (Wildman–Crippen MR) is 81.4 cm³/mol. The molecule has 1 aliphatic heterocycles. The fraction of sp³-hybridized carbons (Fsp3) is 0.688. The van der Waals surface area contributed by atoms with Gasteiger partial charge in [-0.05, 0) is 50.7 Å². The van der Waals surface area contributed by atoms with E-state index in [2.05, 4.69) is 13.0 Å². The molecule has 0 aromatic carbocycles. The van der Waals surface area contributed by atoms with Crippen molar-refractivity contribution >= 4 is 17.2 Å². The number of hydrogen-bond donors (Lipinski definition) is 0. The molecular formula is C16H23NO2S. The summed E-state index contributed by atoms with van der Waals surface area (Å²) in [5, 5.41) is 0. The lowest BCUT2D eigenvalue weighted by Gasteiger charge is -2.35. The molecule has 110 valence electrons. The fourth-order valence-electron chi connectivity index (χ4n) is 3.31. The number of carbonyl (C=O) groups is 1. The molecule has 3 rings (SSSR count). The summed E-state index contributed by atoms with van der Waals surface area (Å²) in [5.41, 5.74) is 1.41. The lowest BCUT2D eigenvalue weighted by molar-refractivity contribution is -0.0585. The first-order chi connectivity index (χ1) is 9.52. The van der Waals surface area contributed by atoms with Crippen LogP contribution in [0.5, 0.6) is 0 Å². The average Bonchev–Trinajstić information content (AvgIpc) is 2.79. The van der Waals surface area contributed by atoms with Gasteiger partial charge in [0.15, 0.2) is 0 Å². The SMILES string of the molecule is C[C@@H]1CCc2sc(C(=O)N3C[C@@H](C)O[C@@H](C)C3)cc2C1. The van der Waals surface area contributed by atoms with Gasteiger partial charge in [0.1, 0.15) is 0 Å². The van der Waals surface area contributed by atoms with Crippen LogP contribution in [0.3, 0.4) is 0 Å². The van der Waals surface area contributed by atoms with Crippen LogP contribution in [-0.2, 0) is 17.6 Å². The Morgan fingerprint density at radius 2 is 2.00 bits per heavy atom. The number of rotatable bonds is 1.